The van der Waals surface area contributed by atoms with Crippen molar-refractivity contribution in [1.82, 2.24) is 5.32 Å². The highest BCUT2D eigenvalue weighted by Gasteiger charge is 2.37. The van der Waals surface area contributed by atoms with E-state index in [0.717, 1.165) is 4.90 Å². The van der Waals surface area contributed by atoms with Gasteiger partial charge in [0.15, 0.2) is 0 Å². The first kappa shape index (κ1) is 18.4. The summed E-state index contributed by atoms with van der Waals surface area (Å²) in [5.41, 5.74) is 0.0593. The Kier molecular flexibility index (Phi) is 5.04. The molecule has 1 heterocycles. The maximum atomic E-state index is 12.7. The average molecular weight is 456 g/mol. The molecule has 0 unspecified atom stereocenters. The van der Waals surface area contributed by atoms with Crippen LogP contribution in [0.5, 0.6) is 5.75 Å². The van der Waals surface area contributed by atoms with Gasteiger partial charge in [0.1, 0.15) is 11.3 Å². The third-order valence-electron chi connectivity index (χ3n) is 3.54. The highest BCUT2D eigenvalue weighted by atomic mass is 79.9. The van der Waals surface area contributed by atoms with Crippen molar-refractivity contribution in [2.75, 3.05) is 4.90 Å². The minimum absolute atomic E-state index is 0.147. The zero-order chi connectivity index (χ0) is 19.0. The maximum absolute atomic E-state index is 12.7. The second kappa shape index (κ2) is 7.11. The van der Waals surface area contributed by atoms with Crippen LogP contribution >= 0.6 is 39.1 Å². The van der Waals surface area contributed by atoms with E-state index in [-0.39, 0.29) is 27.6 Å². The largest absolute Gasteiger partial charge is 0.506 e. The normalized spacial score (nSPS) is 16.2. The van der Waals surface area contributed by atoms with Crippen LogP contribution in [0.1, 0.15) is 5.56 Å². The number of rotatable bonds is 2. The number of urea groups is 1. The lowest BCUT2D eigenvalue weighted by Gasteiger charge is -2.26. The molecule has 2 N–H and O–H groups in total. The van der Waals surface area contributed by atoms with Gasteiger partial charge in [-0.15, -0.1) is 0 Å². The molecule has 0 aliphatic carbocycles. The zero-order valence-corrected chi connectivity index (χ0v) is 15.9. The van der Waals surface area contributed by atoms with E-state index in [1.807, 2.05) is 0 Å². The number of carbonyl (C=O) groups is 3. The molecule has 0 saturated carbocycles. The molecule has 0 spiro atoms. The van der Waals surface area contributed by atoms with Crippen LogP contribution in [-0.4, -0.2) is 23.0 Å². The number of nitrogens with one attached hydrogen (secondary N) is 1. The molecule has 2 aromatic rings. The van der Waals surface area contributed by atoms with Crippen molar-refractivity contribution in [2.24, 2.45) is 0 Å². The molecule has 6 nitrogen and oxygen atoms in total. The fourth-order valence-corrected chi connectivity index (χ4v) is 3.29. The molecule has 0 bridgehead atoms. The number of carbonyl (C=O) groups excluding carboxylic acids is 3. The van der Waals surface area contributed by atoms with Gasteiger partial charge in [0.2, 0.25) is 0 Å². The summed E-state index contributed by atoms with van der Waals surface area (Å²) >= 11 is 14.9. The number of phenolic OH excluding ortho intramolecular Hbond substituents is 1. The molecule has 26 heavy (non-hydrogen) atoms. The van der Waals surface area contributed by atoms with Crippen LogP contribution in [0, 0.1) is 0 Å². The predicted molar refractivity (Wildman–Crippen MR) is 101 cm³/mol. The van der Waals surface area contributed by atoms with Gasteiger partial charge in [0.25, 0.3) is 11.8 Å². The summed E-state index contributed by atoms with van der Waals surface area (Å²) in [5, 5.41) is 12.9. The Morgan fingerprint density at radius 2 is 1.69 bits per heavy atom. The van der Waals surface area contributed by atoms with Crippen LogP contribution in [0.15, 0.2) is 46.4 Å². The molecule has 0 radical (unpaired) electrons. The zero-order valence-electron chi connectivity index (χ0n) is 12.8. The van der Waals surface area contributed by atoms with Crippen LogP contribution in [0.4, 0.5) is 10.5 Å². The Labute approximate surface area is 166 Å². The molecule has 3 rings (SSSR count). The highest BCUT2D eigenvalue weighted by Crippen LogP contribution is 2.33. The van der Waals surface area contributed by atoms with Gasteiger partial charge >= 0.3 is 6.03 Å². The van der Waals surface area contributed by atoms with E-state index >= 15 is 0 Å². The van der Waals surface area contributed by atoms with Crippen molar-refractivity contribution in [1.29, 1.82) is 0 Å². The van der Waals surface area contributed by atoms with E-state index in [9.17, 15) is 19.5 Å². The third-order valence-corrected chi connectivity index (χ3v) is 4.62. The van der Waals surface area contributed by atoms with Crippen molar-refractivity contribution in [2.45, 2.75) is 0 Å². The summed E-state index contributed by atoms with van der Waals surface area (Å²) in [6.45, 7) is 0. The number of benzene rings is 2. The van der Waals surface area contributed by atoms with Crippen LogP contribution in [0.3, 0.4) is 0 Å². The van der Waals surface area contributed by atoms with Crippen LogP contribution in [0.25, 0.3) is 6.08 Å². The predicted octanol–water partition coefficient (Wildman–Crippen LogP) is 4.13. The highest BCUT2D eigenvalue weighted by molar-refractivity contribution is 9.10. The molecule has 1 saturated heterocycles. The molecule has 1 aliphatic rings. The van der Waals surface area contributed by atoms with Crippen LogP contribution in [0.2, 0.25) is 10.0 Å². The average Bonchev–Trinajstić information content (AvgIpc) is 2.57. The molecule has 1 aliphatic heterocycles. The van der Waals surface area contributed by atoms with Gasteiger partial charge in [-0.2, -0.15) is 0 Å². The van der Waals surface area contributed by atoms with Crippen LogP contribution in [-0.2, 0) is 9.59 Å². The van der Waals surface area contributed by atoms with Gasteiger partial charge in [0, 0.05) is 15.6 Å². The number of hydrogen-bond donors (Lipinski definition) is 2. The summed E-state index contributed by atoms with van der Waals surface area (Å²) in [6, 6.07) is 7.94. The first-order valence-electron chi connectivity index (χ1n) is 7.13. The lowest BCUT2D eigenvalue weighted by atomic mass is 10.1. The van der Waals surface area contributed by atoms with Gasteiger partial charge in [-0.1, -0.05) is 23.2 Å². The lowest BCUT2D eigenvalue weighted by molar-refractivity contribution is -0.122. The molecule has 132 valence electrons. The molecule has 2 aromatic carbocycles. The lowest BCUT2D eigenvalue weighted by Crippen LogP contribution is -2.54. The molecule has 4 amide bonds. The number of phenols is 1. The quantitative estimate of drug-likeness (QED) is 0.526. The standard InChI is InChI=1S/C17H9BrCl2N2O4/c18-13-7-10(20)5-8(14(13)23)6-12-15(24)21-17(26)22(16(12)25)11-3-1-9(19)2-4-11/h1-7,23H,(H,21,24,26)/b12-6+. The number of imide groups is 2. The number of hydrogen-bond acceptors (Lipinski definition) is 4. The first-order chi connectivity index (χ1) is 12.3. The van der Waals surface area contributed by atoms with Crippen molar-refractivity contribution >= 4 is 68.7 Å². The van der Waals surface area contributed by atoms with Crippen molar-refractivity contribution in [3.63, 3.8) is 0 Å². The third kappa shape index (κ3) is 3.46. The molecular weight excluding hydrogens is 447 g/mol. The SMILES string of the molecule is O=C1NC(=O)N(c2ccc(Cl)cc2)C(=O)/C1=C/c1cc(Cl)cc(Br)c1O. The molecule has 1 fully saturated rings. The number of barbiturate groups is 1. The summed E-state index contributed by atoms with van der Waals surface area (Å²) in [7, 11) is 0. The van der Waals surface area contributed by atoms with Crippen molar-refractivity contribution in [3.05, 3.63) is 62.1 Å². The smallest absolute Gasteiger partial charge is 0.335 e. The molecule has 9 heteroatoms. The number of amides is 4. The Morgan fingerprint density at radius 3 is 2.35 bits per heavy atom. The van der Waals surface area contributed by atoms with E-state index in [2.05, 4.69) is 21.2 Å². The van der Waals surface area contributed by atoms with E-state index < -0.39 is 17.8 Å². The number of anilines is 1. The fourth-order valence-electron chi connectivity index (χ4n) is 2.33. The second-order valence-corrected chi connectivity index (χ2v) is 6.99. The molecular formula is C17H9BrCl2N2O4. The fraction of sp³-hybridized carbons (Fsp3) is 0. The monoisotopic (exact) mass is 454 g/mol. The topological polar surface area (TPSA) is 86.7 Å². The van der Waals surface area contributed by atoms with Crippen LogP contribution < -0.4 is 10.2 Å². The van der Waals surface area contributed by atoms with Gasteiger partial charge in [0.05, 0.1) is 10.2 Å². The summed E-state index contributed by atoms with van der Waals surface area (Å²) in [4.78, 5) is 37.8. The Morgan fingerprint density at radius 1 is 1.04 bits per heavy atom. The van der Waals surface area contributed by atoms with E-state index in [4.69, 9.17) is 23.2 Å². The first-order valence-corrected chi connectivity index (χ1v) is 8.68. The Hall–Kier alpha value is -2.35. The number of halogens is 3. The number of aromatic hydroxyl groups is 1. The summed E-state index contributed by atoms with van der Waals surface area (Å²) in [5.74, 6) is -1.91. The molecule has 0 atom stereocenters. The minimum atomic E-state index is -0.879. The van der Waals surface area contributed by atoms with E-state index in [1.54, 1.807) is 0 Å². The molecule has 0 aromatic heterocycles. The second-order valence-electron chi connectivity index (χ2n) is 5.26. The van der Waals surface area contributed by atoms with Crippen molar-refractivity contribution in [3.8, 4) is 5.75 Å². The van der Waals surface area contributed by atoms with E-state index in [1.165, 1.54) is 42.5 Å². The van der Waals surface area contributed by atoms with E-state index in [0.29, 0.717) is 9.50 Å². The van der Waals surface area contributed by atoms with Crippen molar-refractivity contribution < 1.29 is 19.5 Å². The summed E-state index contributed by atoms with van der Waals surface area (Å²) in [6.07, 6.45) is 1.17. The Balaban J connectivity index is 2.07. The number of nitrogens with zero attached hydrogens (tertiary/aromatic N) is 1. The van der Waals surface area contributed by atoms with Gasteiger partial charge in [-0.3, -0.25) is 14.9 Å². The Bertz CT molecular complexity index is 973. The maximum Gasteiger partial charge on any atom is 0.335 e. The summed E-state index contributed by atoms with van der Waals surface area (Å²) < 4.78 is 0.297. The minimum Gasteiger partial charge on any atom is -0.506 e. The van der Waals surface area contributed by atoms with Gasteiger partial charge in [-0.25, -0.2) is 9.69 Å². The van der Waals surface area contributed by atoms with Gasteiger partial charge < -0.3 is 5.11 Å². The van der Waals surface area contributed by atoms with Gasteiger partial charge in [-0.05, 0) is 58.4 Å².